The molecule has 1 amide bonds. The highest BCUT2D eigenvalue weighted by Gasteiger charge is 2.27. The average Bonchev–Trinajstić information content (AvgIpc) is 2.17. The van der Waals surface area contributed by atoms with E-state index in [-0.39, 0.29) is 5.91 Å². The molecule has 1 aliphatic heterocycles. The van der Waals surface area contributed by atoms with Gasteiger partial charge in [0.1, 0.15) is 0 Å². The Labute approximate surface area is 89.6 Å². The van der Waals surface area contributed by atoms with Crippen LogP contribution < -0.4 is 0 Å². The Morgan fingerprint density at radius 2 is 2.07 bits per heavy atom. The number of amides is 1. The van der Waals surface area contributed by atoms with Gasteiger partial charge in [-0.2, -0.15) is 0 Å². The van der Waals surface area contributed by atoms with Crippen molar-refractivity contribution < 1.29 is 14.7 Å². The quantitative estimate of drug-likeness (QED) is 0.700. The lowest BCUT2D eigenvalue weighted by Gasteiger charge is -2.29. The minimum absolute atomic E-state index is 0.0686. The van der Waals surface area contributed by atoms with Crippen LogP contribution in [0.1, 0.15) is 26.7 Å². The first-order valence-electron chi connectivity index (χ1n) is 5.17. The molecule has 1 N–H and O–H groups in total. The Bertz CT molecular complexity index is 292. The number of piperidine rings is 1. The molecule has 0 bridgehead atoms. The number of rotatable bonds is 2. The van der Waals surface area contributed by atoms with Crippen molar-refractivity contribution in [3.05, 3.63) is 11.6 Å². The predicted octanol–water partition coefficient (Wildman–Crippen LogP) is 1.28. The van der Waals surface area contributed by atoms with Crippen LogP contribution in [-0.2, 0) is 9.59 Å². The Hall–Kier alpha value is -1.32. The van der Waals surface area contributed by atoms with E-state index >= 15 is 0 Å². The van der Waals surface area contributed by atoms with E-state index in [0.717, 1.165) is 12.0 Å². The lowest BCUT2D eigenvalue weighted by molar-refractivity contribution is -0.144. The summed E-state index contributed by atoms with van der Waals surface area (Å²) in [7, 11) is 0. The number of allylic oxidation sites excluding steroid dienone is 1. The molecule has 1 heterocycles. The minimum Gasteiger partial charge on any atom is -0.481 e. The molecule has 1 aliphatic rings. The van der Waals surface area contributed by atoms with Crippen LogP contribution in [0, 0.1) is 5.92 Å². The standard InChI is InChI=1S/C11H17NO3/c1-8(2)6-10(13)12-5-3-4-9(7-12)11(14)15/h6,9H,3-5,7H2,1-2H3,(H,14,15)/t9-/m1/s1. The maximum absolute atomic E-state index is 11.6. The molecule has 0 aromatic rings. The monoisotopic (exact) mass is 211 g/mol. The smallest absolute Gasteiger partial charge is 0.308 e. The third-order valence-electron chi connectivity index (χ3n) is 2.49. The van der Waals surface area contributed by atoms with Gasteiger partial charge in [0, 0.05) is 19.2 Å². The fourth-order valence-corrected chi connectivity index (χ4v) is 1.72. The fourth-order valence-electron chi connectivity index (χ4n) is 1.72. The largest absolute Gasteiger partial charge is 0.481 e. The molecule has 1 saturated heterocycles. The van der Waals surface area contributed by atoms with Gasteiger partial charge in [-0.3, -0.25) is 9.59 Å². The molecule has 1 atom stereocenters. The van der Waals surface area contributed by atoms with Gasteiger partial charge in [0.15, 0.2) is 0 Å². The number of carbonyl (C=O) groups is 2. The Morgan fingerprint density at radius 3 is 2.60 bits per heavy atom. The average molecular weight is 211 g/mol. The van der Waals surface area contributed by atoms with Crippen LogP contribution in [0.5, 0.6) is 0 Å². The van der Waals surface area contributed by atoms with Crippen LogP contribution in [-0.4, -0.2) is 35.0 Å². The number of likely N-dealkylation sites (tertiary alicyclic amines) is 1. The van der Waals surface area contributed by atoms with Gasteiger partial charge in [0.25, 0.3) is 0 Å². The maximum Gasteiger partial charge on any atom is 0.308 e. The molecule has 0 spiro atoms. The highest BCUT2D eigenvalue weighted by atomic mass is 16.4. The number of carboxylic acid groups (broad SMARTS) is 1. The zero-order chi connectivity index (χ0) is 11.4. The summed E-state index contributed by atoms with van der Waals surface area (Å²) in [5.41, 5.74) is 0.942. The third kappa shape index (κ3) is 3.38. The lowest BCUT2D eigenvalue weighted by atomic mass is 9.98. The van der Waals surface area contributed by atoms with E-state index in [1.165, 1.54) is 0 Å². The van der Waals surface area contributed by atoms with E-state index < -0.39 is 11.9 Å². The summed E-state index contributed by atoms with van der Waals surface area (Å²) in [6.45, 7) is 4.73. The van der Waals surface area contributed by atoms with E-state index in [9.17, 15) is 9.59 Å². The number of carboxylic acids is 1. The van der Waals surface area contributed by atoms with Crippen LogP contribution in [0.25, 0.3) is 0 Å². The van der Waals surface area contributed by atoms with Gasteiger partial charge in [-0.1, -0.05) is 5.57 Å². The van der Waals surface area contributed by atoms with Gasteiger partial charge in [0.05, 0.1) is 5.92 Å². The van der Waals surface area contributed by atoms with Crippen molar-refractivity contribution in [2.45, 2.75) is 26.7 Å². The fraction of sp³-hybridized carbons (Fsp3) is 0.636. The second kappa shape index (κ2) is 4.96. The first-order valence-corrected chi connectivity index (χ1v) is 5.17. The summed E-state index contributed by atoms with van der Waals surface area (Å²) >= 11 is 0. The predicted molar refractivity (Wildman–Crippen MR) is 56.4 cm³/mol. The van der Waals surface area contributed by atoms with Crippen LogP contribution in [0.3, 0.4) is 0 Å². The van der Waals surface area contributed by atoms with Gasteiger partial charge in [-0.15, -0.1) is 0 Å². The van der Waals surface area contributed by atoms with E-state index in [2.05, 4.69) is 0 Å². The van der Waals surface area contributed by atoms with Gasteiger partial charge in [-0.25, -0.2) is 0 Å². The SMILES string of the molecule is CC(C)=CC(=O)N1CCC[C@@H](C(=O)O)C1. The van der Waals surface area contributed by atoms with Gasteiger partial charge in [-0.05, 0) is 26.7 Å². The lowest BCUT2D eigenvalue weighted by Crippen LogP contribution is -2.41. The summed E-state index contributed by atoms with van der Waals surface area (Å²) in [6.07, 6.45) is 3.01. The van der Waals surface area contributed by atoms with Crippen molar-refractivity contribution in [2.24, 2.45) is 5.92 Å². The van der Waals surface area contributed by atoms with Crippen molar-refractivity contribution in [3.8, 4) is 0 Å². The van der Waals surface area contributed by atoms with Crippen molar-refractivity contribution in [1.82, 2.24) is 4.90 Å². The highest BCUT2D eigenvalue weighted by molar-refractivity contribution is 5.88. The van der Waals surface area contributed by atoms with Crippen LogP contribution in [0.4, 0.5) is 0 Å². The van der Waals surface area contributed by atoms with Gasteiger partial charge in [0.2, 0.25) is 5.91 Å². The molecule has 1 rings (SSSR count). The molecule has 0 aromatic carbocycles. The highest BCUT2D eigenvalue weighted by Crippen LogP contribution is 2.17. The summed E-state index contributed by atoms with van der Waals surface area (Å²) in [5, 5.41) is 8.87. The zero-order valence-corrected chi connectivity index (χ0v) is 9.19. The van der Waals surface area contributed by atoms with Gasteiger partial charge >= 0.3 is 5.97 Å². The molecule has 0 unspecified atom stereocenters. The zero-order valence-electron chi connectivity index (χ0n) is 9.19. The van der Waals surface area contributed by atoms with Crippen molar-refractivity contribution >= 4 is 11.9 Å². The van der Waals surface area contributed by atoms with Gasteiger partial charge < -0.3 is 10.0 Å². The number of hydrogen-bond donors (Lipinski definition) is 1. The maximum atomic E-state index is 11.6. The van der Waals surface area contributed by atoms with E-state index in [4.69, 9.17) is 5.11 Å². The molecular weight excluding hydrogens is 194 g/mol. The summed E-state index contributed by atoms with van der Waals surface area (Å²) in [4.78, 5) is 24.0. The van der Waals surface area contributed by atoms with Crippen molar-refractivity contribution in [3.63, 3.8) is 0 Å². The van der Waals surface area contributed by atoms with Crippen molar-refractivity contribution in [2.75, 3.05) is 13.1 Å². The molecule has 15 heavy (non-hydrogen) atoms. The van der Waals surface area contributed by atoms with E-state index in [1.54, 1.807) is 11.0 Å². The molecule has 0 saturated carbocycles. The topological polar surface area (TPSA) is 57.6 Å². The normalized spacial score (nSPS) is 20.9. The molecule has 0 radical (unpaired) electrons. The molecular formula is C11H17NO3. The first-order chi connectivity index (χ1) is 7.00. The molecule has 0 aliphatic carbocycles. The third-order valence-corrected chi connectivity index (χ3v) is 2.49. The summed E-state index contributed by atoms with van der Waals surface area (Å²) in [6, 6.07) is 0. The first kappa shape index (κ1) is 11.8. The van der Waals surface area contributed by atoms with Crippen LogP contribution >= 0.6 is 0 Å². The molecule has 0 aromatic heterocycles. The number of carbonyl (C=O) groups excluding carboxylic acids is 1. The summed E-state index contributed by atoms with van der Waals surface area (Å²) in [5.74, 6) is -1.26. The van der Waals surface area contributed by atoms with Crippen LogP contribution in [0.15, 0.2) is 11.6 Å². The molecule has 84 valence electrons. The van der Waals surface area contributed by atoms with E-state index in [0.29, 0.717) is 19.5 Å². The second-order valence-corrected chi connectivity index (χ2v) is 4.18. The molecule has 1 fully saturated rings. The Balaban J connectivity index is 2.60. The molecule has 4 nitrogen and oxygen atoms in total. The van der Waals surface area contributed by atoms with Crippen LogP contribution in [0.2, 0.25) is 0 Å². The summed E-state index contributed by atoms with van der Waals surface area (Å²) < 4.78 is 0. The Kier molecular flexibility index (Phi) is 3.88. The number of aliphatic carboxylic acids is 1. The number of nitrogens with zero attached hydrogens (tertiary/aromatic N) is 1. The van der Waals surface area contributed by atoms with Crippen molar-refractivity contribution in [1.29, 1.82) is 0 Å². The minimum atomic E-state index is -0.801. The number of hydrogen-bond acceptors (Lipinski definition) is 2. The Morgan fingerprint density at radius 1 is 1.40 bits per heavy atom. The van der Waals surface area contributed by atoms with E-state index in [1.807, 2.05) is 13.8 Å². The molecule has 4 heteroatoms. The second-order valence-electron chi connectivity index (χ2n) is 4.18.